The molecule has 4 rings (SSSR count). The molecule has 2 aliphatic rings. The summed E-state index contributed by atoms with van der Waals surface area (Å²) in [6, 6.07) is 8.67. The van der Waals surface area contributed by atoms with Crippen molar-refractivity contribution in [3.05, 3.63) is 47.1 Å². The SMILES string of the molecule is CC1(c2nc(C3CCCc4ccccc43)no2)CCNC1. The summed E-state index contributed by atoms with van der Waals surface area (Å²) < 4.78 is 5.62. The molecular weight excluding hydrogens is 262 g/mol. The van der Waals surface area contributed by atoms with Crippen molar-refractivity contribution >= 4 is 0 Å². The first-order chi connectivity index (χ1) is 10.3. The van der Waals surface area contributed by atoms with Gasteiger partial charge in [0.05, 0.1) is 5.41 Å². The first kappa shape index (κ1) is 13.0. The number of fused-ring (bicyclic) bond motifs is 1. The van der Waals surface area contributed by atoms with Gasteiger partial charge < -0.3 is 9.84 Å². The van der Waals surface area contributed by atoms with Crippen molar-refractivity contribution in [2.24, 2.45) is 0 Å². The summed E-state index contributed by atoms with van der Waals surface area (Å²) in [7, 11) is 0. The summed E-state index contributed by atoms with van der Waals surface area (Å²) >= 11 is 0. The monoisotopic (exact) mass is 283 g/mol. The van der Waals surface area contributed by atoms with E-state index in [0.717, 1.165) is 37.6 Å². The van der Waals surface area contributed by atoms with Gasteiger partial charge in [-0.25, -0.2) is 0 Å². The third-order valence-corrected chi connectivity index (χ3v) is 5.01. The Kier molecular flexibility index (Phi) is 3.07. The van der Waals surface area contributed by atoms with Crippen LogP contribution in [0.4, 0.5) is 0 Å². The van der Waals surface area contributed by atoms with Gasteiger partial charge >= 0.3 is 0 Å². The van der Waals surface area contributed by atoms with Crippen LogP contribution in [-0.4, -0.2) is 23.2 Å². The fraction of sp³-hybridized carbons (Fsp3) is 0.529. The molecule has 1 aromatic heterocycles. The second-order valence-electron chi connectivity index (χ2n) is 6.59. The van der Waals surface area contributed by atoms with E-state index in [1.54, 1.807) is 0 Å². The topological polar surface area (TPSA) is 51.0 Å². The van der Waals surface area contributed by atoms with Crippen LogP contribution in [0.3, 0.4) is 0 Å². The van der Waals surface area contributed by atoms with Crippen LogP contribution in [0.5, 0.6) is 0 Å². The maximum Gasteiger partial charge on any atom is 0.233 e. The van der Waals surface area contributed by atoms with Gasteiger partial charge in [-0.15, -0.1) is 0 Å². The van der Waals surface area contributed by atoms with Crippen molar-refractivity contribution in [3.63, 3.8) is 0 Å². The minimum absolute atomic E-state index is 0.000561. The molecule has 0 bridgehead atoms. The average molecular weight is 283 g/mol. The van der Waals surface area contributed by atoms with Gasteiger partial charge in [-0.1, -0.05) is 29.4 Å². The summed E-state index contributed by atoms with van der Waals surface area (Å²) in [5, 5.41) is 7.70. The van der Waals surface area contributed by atoms with Crippen molar-refractivity contribution in [1.29, 1.82) is 0 Å². The van der Waals surface area contributed by atoms with Crippen LogP contribution in [-0.2, 0) is 11.8 Å². The first-order valence-electron chi connectivity index (χ1n) is 7.89. The van der Waals surface area contributed by atoms with E-state index in [1.807, 2.05) is 0 Å². The van der Waals surface area contributed by atoms with Crippen LogP contribution in [0.2, 0.25) is 0 Å². The Labute approximate surface area is 124 Å². The van der Waals surface area contributed by atoms with E-state index in [0.29, 0.717) is 5.92 Å². The molecule has 4 nitrogen and oxygen atoms in total. The van der Waals surface area contributed by atoms with Gasteiger partial charge in [0.15, 0.2) is 5.82 Å². The lowest BCUT2D eigenvalue weighted by atomic mass is 9.82. The summed E-state index contributed by atoms with van der Waals surface area (Å²) in [6.45, 7) is 4.16. The Balaban J connectivity index is 1.68. The van der Waals surface area contributed by atoms with E-state index in [-0.39, 0.29) is 5.41 Å². The fourth-order valence-electron chi connectivity index (χ4n) is 3.64. The van der Waals surface area contributed by atoms with Crippen molar-refractivity contribution in [3.8, 4) is 0 Å². The minimum Gasteiger partial charge on any atom is -0.339 e. The lowest BCUT2D eigenvalue weighted by molar-refractivity contribution is 0.303. The number of rotatable bonds is 2. The van der Waals surface area contributed by atoms with Crippen molar-refractivity contribution in [2.75, 3.05) is 13.1 Å². The quantitative estimate of drug-likeness (QED) is 0.920. The molecule has 1 aliphatic heterocycles. The molecule has 1 N–H and O–H groups in total. The standard InChI is InChI=1S/C17H21N3O/c1-17(9-10-18-11-17)16-19-15(20-21-16)14-8-4-6-12-5-2-3-7-13(12)14/h2-3,5,7,14,18H,4,6,8-11H2,1H3. The molecular formula is C17H21N3O. The largest absolute Gasteiger partial charge is 0.339 e. The Morgan fingerprint density at radius 1 is 1.33 bits per heavy atom. The summed E-state index contributed by atoms with van der Waals surface area (Å²) in [5.74, 6) is 1.96. The van der Waals surface area contributed by atoms with Crippen LogP contribution < -0.4 is 5.32 Å². The molecule has 1 saturated heterocycles. The molecule has 110 valence electrons. The van der Waals surface area contributed by atoms with E-state index < -0.39 is 0 Å². The maximum absolute atomic E-state index is 5.62. The maximum atomic E-state index is 5.62. The van der Waals surface area contributed by atoms with E-state index in [1.165, 1.54) is 24.0 Å². The number of benzene rings is 1. The highest BCUT2D eigenvalue weighted by molar-refractivity contribution is 5.36. The molecule has 1 aliphatic carbocycles. The van der Waals surface area contributed by atoms with Crippen LogP contribution >= 0.6 is 0 Å². The van der Waals surface area contributed by atoms with Crippen LogP contribution in [0, 0.1) is 0 Å². The zero-order chi connectivity index (χ0) is 14.3. The summed E-state index contributed by atoms with van der Waals surface area (Å²) in [4.78, 5) is 4.77. The zero-order valence-electron chi connectivity index (χ0n) is 12.4. The number of hydrogen-bond donors (Lipinski definition) is 1. The van der Waals surface area contributed by atoms with E-state index in [4.69, 9.17) is 9.51 Å². The number of aryl methyl sites for hydroxylation is 1. The van der Waals surface area contributed by atoms with Crippen molar-refractivity contribution in [2.45, 2.75) is 43.9 Å². The lowest BCUT2D eigenvalue weighted by Crippen LogP contribution is -2.25. The van der Waals surface area contributed by atoms with E-state index in [2.05, 4.69) is 41.7 Å². The molecule has 1 aromatic carbocycles. The Bertz CT molecular complexity index is 643. The van der Waals surface area contributed by atoms with Crippen molar-refractivity contribution < 1.29 is 4.52 Å². The Hall–Kier alpha value is -1.68. The van der Waals surface area contributed by atoms with Crippen LogP contribution in [0.25, 0.3) is 0 Å². The number of hydrogen-bond acceptors (Lipinski definition) is 4. The molecule has 4 heteroatoms. The van der Waals surface area contributed by atoms with E-state index >= 15 is 0 Å². The fourth-order valence-corrected chi connectivity index (χ4v) is 3.64. The minimum atomic E-state index is -0.000561. The van der Waals surface area contributed by atoms with Gasteiger partial charge in [-0.05, 0) is 50.3 Å². The molecule has 2 aromatic rings. The number of nitrogens with zero attached hydrogens (tertiary/aromatic N) is 2. The molecule has 0 saturated carbocycles. The number of aromatic nitrogens is 2. The van der Waals surface area contributed by atoms with Gasteiger partial charge in [0, 0.05) is 12.5 Å². The summed E-state index contributed by atoms with van der Waals surface area (Å²) in [6.07, 6.45) is 4.55. The normalized spacial score (nSPS) is 28.5. The first-order valence-corrected chi connectivity index (χ1v) is 7.89. The zero-order valence-corrected chi connectivity index (χ0v) is 12.4. The molecule has 2 unspecified atom stereocenters. The third-order valence-electron chi connectivity index (χ3n) is 5.01. The average Bonchev–Trinajstić information content (AvgIpc) is 3.16. The smallest absolute Gasteiger partial charge is 0.233 e. The Morgan fingerprint density at radius 3 is 3.10 bits per heavy atom. The van der Waals surface area contributed by atoms with Gasteiger partial charge in [-0.3, -0.25) is 0 Å². The van der Waals surface area contributed by atoms with E-state index in [9.17, 15) is 0 Å². The molecule has 1 fully saturated rings. The van der Waals surface area contributed by atoms with Crippen LogP contribution in [0.1, 0.15) is 54.9 Å². The van der Waals surface area contributed by atoms with Crippen molar-refractivity contribution in [1.82, 2.24) is 15.5 Å². The highest BCUT2D eigenvalue weighted by Gasteiger charge is 2.37. The summed E-state index contributed by atoms with van der Waals surface area (Å²) in [5.41, 5.74) is 2.82. The highest BCUT2D eigenvalue weighted by Crippen LogP contribution is 2.36. The molecule has 0 spiro atoms. The second-order valence-corrected chi connectivity index (χ2v) is 6.59. The molecule has 2 heterocycles. The molecule has 21 heavy (non-hydrogen) atoms. The van der Waals surface area contributed by atoms with Gasteiger partial charge in [0.2, 0.25) is 5.89 Å². The Morgan fingerprint density at radius 2 is 2.24 bits per heavy atom. The predicted octanol–water partition coefficient (Wildman–Crippen LogP) is 2.79. The predicted molar refractivity (Wildman–Crippen MR) is 80.4 cm³/mol. The van der Waals surface area contributed by atoms with Gasteiger partial charge in [-0.2, -0.15) is 4.98 Å². The molecule has 2 atom stereocenters. The second kappa shape index (κ2) is 4.95. The van der Waals surface area contributed by atoms with Gasteiger partial charge in [0.25, 0.3) is 0 Å². The lowest BCUT2D eigenvalue weighted by Gasteiger charge is -2.22. The van der Waals surface area contributed by atoms with Crippen LogP contribution in [0.15, 0.2) is 28.8 Å². The third kappa shape index (κ3) is 2.18. The molecule has 0 radical (unpaired) electrons. The molecule has 0 amide bonds. The number of nitrogens with one attached hydrogen (secondary N) is 1. The highest BCUT2D eigenvalue weighted by atomic mass is 16.5. The van der Waals surface area contributed by atoms with Gasteiger partial charge in [0.1, 0.15) is 0 Å².